The molecule has 0 saturated heterocycles. The lowest BCUT2D eigenvalue weighted by atomic mass is 9.99. The van der Waals surface area contributed by atoms with Crippen molar-refractivity contribution in [3.8, 4) is 39.6 Å². The van der Waals surface area contributed by atoms with Gasteiger partial charge in [0.2, 0.25) is 0 Å². The number of nitrogens with zero attached hydrogens (tertiary/aromatic N) is 1. The number of hydrogen-bond donors (Lipinski definition) is 0. The molecule has 0 unspecified atom stereocenters. The second-order valence-electron chi connectivity index (χ2n) is 6.13. The smallest absolute Gasteiger partial charge is 0.142 e. The predicted molar refractivity (Wildman–Crippen MR) is 105 cm³/mol. The van der Waals surface area contributed by atoms with E-state index in [1.165, 1.54) is 0 Å². The van der Waals surface area contributed by atoms with Crippen molar-refractivity contribution in [2.75, 3.05) is 7.11 Å². The minimum atomic E-state index is 0.776. The van der Waals surface area contributed by atoms with Gasteiger partial charge in [0.25, 0.3) is 0 Å². The fraction of sp³-hybridized carbons (Fsp3) is 0.0870. The minimum absolute atomic E-state index is 0.776. The van der Waals surface area contributed by atoms with Gasteiger partial charge in [-0.05, 0) is 61.0 Å². The maximum absolute atomic E-state index is 5.87. The Labute approximate surface area is 158 Å². The molecule has 0 fully saturated rings. The Morgan fingerprint density at radius 2 is 1.30 bits per heavy atom. The lowest BCUT2D eigenvalue weighted by Crippen LogP contribution is -1.87. The molecule has 0 aliphatic rings. The van der Waals surface area contributed by atoms with Crippen LogP contribution < -0.4 is 9.47 Å². The van der Waals surface area contributed by atoms with Crippen LogP contribution in [0.1, 0.15) is 5.76 Å². The number of para-hydroxylation sites is 1. The van der Waals surface area contributed by atoms with Crippen LogP contribution in [0.2, 0.25) is 0 Å². The Balaban J connectivity index is 1.64. The van der Waals surface area contributed by atoms with Crippen molar-refractivity contribution in [1.82, 2.24) is 5.16 Å². The molecule has 1 aromatic heterocycles. The van der Waals surface area contributed by atoms with E-state index in [1.807, 2.05) is 85.8 Å². The average molecular weight is 357 g/mol. The quantitative estimate of drug-likeness (QED) is 0.432. The van der Waals surface area contributed by atoms with E-state index in [-0.39, 0.29) is 0 Å². The van der Waals surface area contributed by atoms with Gasteiger partial charge in [-0.25, -0.2) is 0 Å². The van der Waals surface area contributed by atoms with Crippen LogP contribution in [-0.2, 0) is 0 Å². The summed E-state index contributed by atoms with van der Waals surface area (Å²) in [6.45, 7) is 1.92. The summed E-state index contributed by atoms with van der Waals surface area (Å²) in [6.07, 6.45) is 0. The Hall–Kier alpha value is -3.53. The molecule has 0 aliphatic carbocycles. The molecule has 4 rings (SSSR count). The molecule has 0 aliphatic heterocycles. The third-order valence-electron chi connectivity index (χ3n) is 4.35. The topological polar surface area (TPSA) is 44.5 Å². The first-order valence-corrected chi connectivity index (χ1v) is 8.68. The molecular formula is C23H19NO3. The van der Waals surface area contributed by atoms with E-state index < -0.39 is 0 Å². The summed E-state index contributed by atoms with van der Waals surface area (Å²) in [4.78, 5) is 0. The van der Waals surface area contributed by atoms with Gasteiger partial charge in [-0.2, -0.15) is 0 Å². The third kappa shape index (κ3) is 3.55. The molecule has 0 spiro atoms. The number of hydrogen-bond acceptors (Lipinski definition) is 4. The molecule has 0 atom stereocenters. The molecule has 0 N–H and O–H groups in total. The molecule has 0 bridgehead atoms. The van der Waals surface area contributed by atoms with E-state index in [9.17, 15) is 0 Å². The van der Waals surface area contributed by atoms with Gasteiger partial charge in [0.05, 0.1) is 12.7 Å². The van der Waals surface area contributed by atoms with Gasteiger partial charge in [0.1, 0.15) is 28.7 Å². The molecule has 4 nitrogen and oxygen atoms in total. The number of aryl methyl sites for hydroxylation is 1. The molecule has 3 aromatic carbocycles. The summed E-state index contributed by atoms with van der Waals surface area (Å²) in [5, 5.41) is 4.26. The summed E-state index contributed by atoms with van der Waals surface area (Å²) in [5.41, 5.74) is 3.80. The van der Waals surface area contributed by atoms with Gasteiger partial charge < -0.3 is 14.0 Å². The molecule has 1 heterocycles. The van der Waals surface area contributed by atoms with Crippen LogP contribution in [-0.4, -0.2) is 12.3 Å². The van der Waals surface area contributed by atoms with Crippen molar-refractivity contribution < 1.29 is 14.0 Å². The van der Waals surface area contributed by atoms with Crippen molar-refractivity contribution >= 4 is 0 Å². The van der Waals surface area contributed by atoms with E-state index in [0.29, 0.717) is 0 Å². The van der Waals surface area contributed by atoms with Crippen LogP contribution in [0.25, 0.3) is 22.4 Å². The van der Waals surface area contributed by atoms with E-state index in [0.717, 1.165) is 45.4 Å². The second kappa shape index (κ2) is 7.38. The fourth-order valence-corrected chi connectivity index (χ4v) is 2.97. The highest BCUT2D eigenvalue weighted by Gasteiger charge is 2.16. The molecular weight excluding hydrogens is 338 g/mol. The molecule has 134 valence electrons. The maximum atomic E-state index is 5.87. The molecule has 4 heteroatoms. The number of benzene rings is 3. The third-order valence-corrected chi connectivity index (χ3v) is 4.35. The predicted octanol–water partition coefficient (Wildman–Crippen LogP) is 6.12. The van der Waals surface area contributed by atoms with Gasteiger partial charge in [-0.15, -0.1) is 0 Å². The average Bonchev–Trinajstić information content (AvgIpc) is 3.11. The van der Waals surface area contributed by atoms with Gasteiger partial charge in [-0.1, -0.05) is 35.5 Å². The van der Waals surface area contributed by atoms with Gasteiger partial charge >= 0.3 is 0 Å². The van der Waals surface area contributed by atoms with E-state index in [1.54, 1.807) is 7.11 Å². The van der Waals surface area contributed by atoms with Crippen molar-refractivity contribution in [1.29, 1.82) is 0 Å². The lowest BCUT2D eigenvalue weighted by molar-refractivity contribution is 0.400. The summed E-state index contributed by atoms with van der Waals surface area (Å²) < 4.78 is 16.6. The van der Waals surface area contributed by atoms with Crippen LogP contribution in [0.15, 0.2) is 83.4 Å². The van der Waals surface area contributed by atoms with Crippen LogP contribution in [0.5, 0.6) is 17.2 Å². The first kappa shape index (κ1) is 16.9. The molecule has 0 amide bonds. The molecule has 4 aromatic rings. The normalized spacial score (nSPS) is 10.6. The van der Waals surface area contributed by atoms with Gasteiger partial charge in [0.15, 0.2) is 0 Å². The fourth-order valence-electron chi connectivity index (χ4n) is 2.97. The minimum Gasteiger partial charge on any atom is -0.497 e. The zero-order valence-corrected chi connectivity index (χ0v) is 15.2. The highest BCUT2D eigenvalue weighted by atomic mass is 16.5. The summed E-state index contributed by atoms with van der Waals surface area (Å²) in [7, 11) is 1.65. The maximum Gasteiger partial charge on any atom is 0.142 e. The van der Waals surface area contributed by atoms with E-state index >= 15 is 0 Å². The Bertz CT molecular complexity index is 1020. The highest BCUT2D eigenvalue weighted by molar-refractivity contribution is 5.82. The van der Waals surface area contributed by atoms with Gasteiger partial charge in [-0.3, -0.25) is 0 Å². The second-order valence-corrected chi connectivity index (χ2v) is 6.13. The highest BCUT2D eigenvalue weighted by Crippen LogP contribution is 2.36. The number of aromatic nitrogens is 1. The zero-order chi connectivity index (χ0) is 18.6. The van der Waals surface area contributed by atoms with Crippen LogP contribution in [0.3, 0.4) is 0 Å². The Morgan fingerprint density at radius 1 is 0.704 bits per heavy atom. The van der Waals surface area contributed by atoms with Crippen LogP contribution in [0, 0.1) is 6.92 Å². The molecule has 0 radical (unpaired) electrons. The van der Waals surface area contributed by atoms with Crippen molar-refractivity contribution in [3.63, 3.8) is 0 Å². The number of ether oxygens (including phenoxy) is 2. The molecule has 27 heavy (non-hydrogen) atoms. The summed E-state index contributed by atoms with van der Waals surface area (Å²) in [6, 6.07) is 25.5. The van der Waals surface area contributed by atoms with Crippen molar-refractivity contribution in [3.05, 3.63) is 84.6 Å². The largest absolute Gasteiger partial charge is 0.497 e. The lowest BCUT2D eigenvalue weighted by Gasteiger charge is -2.08. The summed E-state index contributed by atoms with van der Waals surface area (Å²) in [5.74, 6) is 3.18. The van der Waals surface area contributed by atoms with Crippen molar-refractivity contribution in [2.45, 2.75) is 6.92 Å². The first-order valence-electron chi connectivity index (χ1n) is 8.68. The number of methoxy groups -OCH3 is 1. The van der Waals surface area contributed by atoms with E-state index in [4.69, 9.17) is 14.0 Å². The SMILES string of the molecule is COc1ccc(-c2noc(C)c2-c2ccc(Oc3ccccc3)cc2)cc1. The zero-order valence-electron chi connectivity index (χ0n) is 15.2. The van der Waals surface area contributed by atoms with Gasteiger partial charge in [0, 0.05) is 5.56 Å². The van der Waals surface area contributed by atoms with Crippen LogP contribution in [0.4, 0.5) is 0 Å². The molecule has 0 saturated carbocycles. The Morgan fingerprint density at radius 3 is 1.96 bits per heavy atom. The van der Waals surface area contributed by atoms with Crippen LogP contribution >= 0.6 is 0 Å². The monoisotopic (exact) mass is 357 g/mol. The number of rotatable bonds is 5. The first-order chi connectivity index (χ1) is 13.2. The van der Waals surface area contributed by atoms with Crippen molar-refractivity contribution in [2.24, 2.45) is 0 Å². The standard InChI is InChI=1S/C23H19NO3/c1-16-22(23(24-27-16)18-10-12-19(25-2)13-11-18)17-8-14-21(15-9-17)26-20-6-4-3-5-7-20/h3-15H,1-2H3. The Kier molecular flexibility index (Phi) is 4.62. The van der Waals surface area contributed by atoms with E-state index in [2.05, 4.69) is 5.16 Å². The summed E-state index contributed by atoms with van der Waals surface area (Å²) >= 11 is 0.